The SMILES string of the molecule is CCCn1cc([C@@H]2CC(=O)N(c3ccccc3OC)C2=O)c2ccccc21. The van der Waals surface area contributed by atoms with E-state index >= 15 is 0 Å². The average molecular weight is 362 g/mol. The lowest BCUT2D eigenvalue weighted by Crippen LogP contribution is -2.30. The highest BCUT2D eigenvalue weighted by Crippen LogP contribution is 2.40. The fourth-order valence-electron chi connectivity index (χ4n) is 3.92. The molecule has 0 bridgehead atoms. The molecule has 1 atom stereocenters. The maximum Gasteiger partial charge on any atom is 0.242 e. The van der Waals surface area contributed by atoms with Crippen molar-refractivity contribution in [3.05, 3.63) is 60.3 Å². The highest BCUT2D eigenvalue weighted by molar-refractivity contribution is 6.24. The summed E-state index contributed by atoms with van der Waals surface area (Å²) in [4.78, 5) is 27.3. The third kappa shape index (κ3) is 2.79. The van der Waals surface area contributed by atoms with Crippen LogP contribution in [0.1, 0.15) is 31.2 Å². The zero-order valence-electron chi connectivity index (χ0n) is 15.5. The van der Waals surface area contributed by atoms with Gasteiger partial charge in [0.05, 0.1) is 18.7 Å². The van der Waals surface area contributed by atoms with Crippen LogP contribution in [0.5, 0.6) is 5.75 Å². The van der Waals surface area contributed by atoms with Crippen LogP contribution >= 0.6 is 0 Å². The summed E-state index contributed by atoms with van der Waals surface area (Å²) in [6.45, 7) is 3.01. The first-order valence-corrected chi connectivity index (χ1v) is 9.23. The van der Waals surface area contributed by atoms with Crippen molar-refractivity contribution in [1.29, 1.82) is 0 Å². The zero-order valence-corrected chi connectivity index (χ0v) is 15.5. The molecule has 2 heterocycles. The van der Waals surface area contributed by atoms with Crippen molar-refractivity contribution in [2.45, 2.75) is 32.2 Å². The summed E-state index contributed by atoms with van der Waals surface area (Å²) in [5.41, 5.74) is 2.54. The first-order valence-electron chi connectivity index (χ1n) is 9.23. The molecule has 5 heteroatoms. The van der Waals surface area contributed by atoms with Gasteiger partial charge in [0.2, 0.25) is 11.8 Å². The Bertz CT molecular complexity index is 1020. The number of carbonyl (C=O) groups excluding carboxylic acids is 2. The van der Waals surface area contributed by atoms with E-state index in [1.807, 2.05) is 30.5 Å². The summed E-state index contributed by atoms with van der Waals surface area (Å²) in [5.74, 6) is -0.329. The minimum Gasteiger partial charge on any atom is -0.495 e. The Morgan fingerprint density at radius 3 is 2.59 bits per heavy atom. The summed E-state index contributed by atoms with van der Waals surface area (Å²) in [6, 6.07) is 15.2. The van der Waals surface area contributed by atoms with Crippen molar-refractivity contribution < 1.29 is 14.3 Å². The van der Waals surface area contributed by atoms with E-state index in [-0.39, 0.29) is 18.2 Å². The van der Waals surface area contributed by atoms with Gasteiger partial charge in [-0.25, -0.2) is 4.90 Å². The molecule has 4 rings (SSSR count). The van der Waals surface area contributed by atoms with Crippen LogP contribution in [0.2, 0.25) is 0 Å². The predicted octanol–water partition coefficient (Wildman–Crippen LogP) is 4.11. The molecule has 1 saturated heterocycles. The largest absolute Gasteiger partial charge is 0.495 e. The highest BCUT2D eigenvalue weighted by Gasteiger charge is 2.42. The van der Waals surface area contributed by atoms with E-state index < -0.39 is 5.92 Å². The number of hydrogen-bond acceptors (Lipinski definition) is 3. The van der Waals surface area contributed by atoms with Crippen LogP contribution in [0.15, 0.2) is 54.7 Å². The second-order valence-electron chi connectivity index (χ2n) is 6.79. The number of carbonyl (C=O) groups is 2. The van der Waals surface area contributed by atoms with E-state index in [0.717, 1.165) is 29.4 Å². The van der Waals surface area contributed by atoms with E-state index in [1.54, 1.807) is 25.3 Å². The van der Waals surface area contributed by atoms with Gasteiger partial charge >= 0.3 is 0 Å². The van der Waals surface area contributed by atoms with Gasteiger partial charge in [0, 0.05) is 30.1 Å². The molecular weight excluding hydrogens is 340 g/mol. The van der Waals surface area contributed by atoms with Gasteiger partial charge < -0.3 is 9.30 Å². The Morgan fingerprint density at radius 1 is 1.07 bits per heavy atom. The van der Waals surface area contributed by atoms with Gasteiger partial charge in [-0.1, -0.05) is 37.3 Å². The number of aromatic nitrogens is 1. The number of fused-ring (bicyclic) bond motifs is 1. The zero-order chi connectivity index (χ0) is 19.0. The maximum atomic E-state index is 13.2. The smallest absolute Gasteiger partial charge is 0.242 e. The van der Waals surface area contributed by atoms with Gasteiger partial charge in [-0.15, -0.1) is 0 Å². The molecule has 2 amide bonds. The molecule has 1 aliphatic heterocycles. The number of ether oxygens (including phenoxy) is 1. The van der Waals surface area contributed by atoms with Crippen LogP contribution in [-0.4, -0.2) is 23.5 Å². The second kappa shape index (κ2) is 6.91. The quantitative estimate of drug-likeness (QED) is 0.642. The van der Waals surface area contributed by atoms with Crippen LogP contribution in [0, 0.1) is 0 Å². The lowest BCUT2D eigenvalue weighted by molar-refractivity contribution is -0.121. The van der Waals surface area contributed by atoms with Crippen molar-refractivity contribution in [3.63, 3.8) is 0 Å². The summed E-state index contributed by atoms with van der Waals surface area (Å²) in [6.07, 6.45) is 3.22. The Hall–Kier alpha value is -3.08. The summed E-state index contributed by atoms with van der Waals surface area (Å²) >= 11 is 0. The predicted molar refractivity (Wildman–Crippen MR) is 105 cm³/mol. The molecule has 0 saturated carbocycles. The Labute approximate surface area is 158 Å². The van der Waals surface area contributed by atoms with Crippen molar-refractivity contribution in [2.24, 2.45) is 0 Å². The Morgan fingerprint density at radius 2 is 1.81 bits per heavy atom. The average Bonchev–Trinajstić information content (AvgIpc) is 3.19. The number of amides is 2. The number of rotatable bonds is 5. The maximum absolute atomic E-state index is 13.2. The minimum absolute atomic E-state index is 0.178. The first kappa shape index (κ1) is 17.3. The number of imide groups is 1. The summed E-state index contributed by atoms with van der Waals surface area (Å²) in [5, 5.41) is 1.04. The molecule has 138 valence electrons. The van der Waals surface area contributed by atoms with E-state index in [1.165, 1.54) is 4.90 Å². The number of para-hydroxylation sites is 3. The van der Waals surface area contributed by atoms with Crippen LogP contribution in [0.25, 0.3) is 10.9 Å². The van der Waals surface area contributed by atoms with E-state index in [0.29, 0.717) is 11.4 Å². The molecule has 5 nitrogen and oxygen atoms in total. The van der Waals surface area contributed by atoms with E-state index in [9.17, 15) is 9.59 Å². The number of methoxy groups -OCH3 is 1. The topological polar surface area (TPSA) is 51.5 Å². The molecule has 2 aromatic carbocycles. The number of benzene rings is 2. The molecular formula is C22H22N2O3. The lowest BCUT2D eigenvalue weighted by atomic mass is 9.97. The number of nitrogens with zero attached hydrogens (tertiary/aromatic N) is 2. The van der Waals surface area contributed by atoms with Crippen molar-refractivity contribution in [2.75, 3.05) is 12.0 Å². The van der Waals surface area contributed by atoms with Crippen molar-refractivity contribution in [1.82, 2.24) is 4.57 Å². The molecule has 1 aliphatic rings. The van der Waals surface area contributed by atoms with Crippen molar-refractivity contribution in [3.8, 4) is 5.75 Å². The lowest BCUT2D eigenvalue weighted by Gasteiger charge is -2.17. The minimum atomic E-state index is -0.467. The highest BCUT2D eigenvalue weighted by atomic mass is 16.5. The van der Waals surface area contributed by atoms with Gasteiger partial charge in [-0.2, -0.15) is 0 Å². The van der Waals surface area contributed by atoms with Crippen LogP contribution in [0.4, 0.5) is 5.69 Å². The molecule has 0 radical (unpaired) electrons. The monoisotopic (exact) mass is 362 g/mol. The number of hydrogen-bond donors (Lipinski definition) is 0. The van der Waals surface area contributed by atoms with Gasteiger partial charge in [-0.3, -0.25) is 9.59 Å². The third-order valence-electron chi connectivity index (χ3n) is 5.13. The Balaban J connectivity index is 1.78. The van der Waals surface area contributed by atoms with Gasteiger partial charge in [-0.05, 0) is 30.2 Å². The molecule has 0 N–H and O–H groups in total. The molecule has 0 unspecified atom stereocenters. The standard InChI is InChI=1S/C22H22N2O3/c1-3-12-23-14-17(15-8-4-5-9-18(15)23)16-13-21(25)24(22(16)26)19-10-6-7-11-20(19)27-2/h4-11,14,16H,3,12-13H2,1-2H3/t16-/m0/s1. The van der Waals surface area contributed by atoms with Crippen LogP contribution < -0.4 is 9.64 Å². The third-order valence-corrected chi connectivity index (χ3v) is 5.13. The van der Waals surface area contributed by atoms with Crippen molar-refractivity contribution >= 4 is 28.4 Å². The van der Waals surface area contributed by atoms with Crippen LogP contribution in [-0.2, 0) is 16.1 Å². The van der Waals surface area contributed by atoms with Gasteiger partial charge in [0.1, 0.15) is 5.75 Å². The van der Waals surface area contributed by atoms with E-state index in [2.05, 4.69) is 17.6 Å². The Kier molecular flexibility index (Phi) is 4.44. The molecule has 0 aliphatic carbocycles. The molecule has 0 spiro atoms. The fraction of sp³-hybridized carbons (Fsp3) is 0.273. The van der Waals surface area contributed by atoms with Gasteiger partial charge in [0.25, 0.3) is 0 Å². The second-order valence-corrected chi connectivity index (χ2v) is 6.79. The van der Waals surface area contributed by atoms with E-state index in [4.69, 9.17) is 4.74 Å². The summed E-state index contributed by atoms with van der Waals surface area (Å²) in [7, 11) is 1.54. The first-order chi connectivity index (χ1) is 13.2. The molecule has 1 aromatic heterocycles. The van der Waals surface area contributed by atoms with Gasteiger partial charge in [0.15, 0.2) is 0 Å². The summed E-state index contributed by atoms with van der Waals surface area (Å²) < 4.78 is 7.53. The fourth-order valence-corrected chi connectivity index (χ4v) is 3.92. The number of aryl methyl sites for hydroxylation is 1. The normalized spacial score (nSPS) is 17.1. The molecule has 3 aromatic rings. The number of anilines is 1. The van der Waals surface area contributed by atoms with Crippen LogP contribution in [0.3, 0.4) is 0 Å². The molecule has 1 fully saturated rings. The molecule has 27 heavy (non-hydrogen) atoms.